The van der Waals surface area contributed by atoms with Crippen LogP contribution in [0.1, 0.15) is 29.8 Å². The summed E-state index contributed by atoms with van der Waals surface area (Å²) in [7, 11) is 1.55. The van der Waals surface area contributed by atoms with Gasteiger partial charge in [-0.1, -0.05) is 44.2 Å². The third kappa shape index (κ3) is 6.60. The second-order valence-electron chi connectivity index (χ2n) is 8.47. The summed E-state index contributed by atoms with van der Waals surface area (Å²) in [5.74, 6) is -1.16. The standard InChI is InChI=1S/C27H29N3O5/c1-16(2)24(26(32)33)30-25(31)20-8-6-18(7-9-20)19-10-12-21(13-11-19)28-27(34)29-22-15-17(3)5-14-23(22)35-4/h5-16,24H,1-4H3,(H,30,31)(H,32,33)(H2,28,29,34)/t24-/m1/s1. The highest BCUT2D eigenvalue weighted by Crippen LogP contribution is 2.26. The number of amides is 3. The van der Waals surface area contributed by atoms with E-state index in [1.165, 1.54) is 0 Å². The van der Waals surface area contributed by atoms with E-state index in [0.29, 0.717) is 22.7 Å². The summed E-state index contributed by atoms with van der Waals surface area (Å²) in [6.07, 6.45) is 0. The van der Waals surface area contributed by atoms with Gasteiger partial charge in [0.1, 0.15) is 11.8 Å². The first-order chi connectivity index (χ1) is 16.7. The van der Waals surface area contributed by atoms with E-state index in [4.69, 9.17) is 4.74 Å². The van der Waals surface area contributed by atoms with Crippen molar-refractivity contribution in [3.63, 3.8) is 0 Å². The molecule has 182 valence electrons. The number of anilines is 2. The summed E-state index contributed by atoms with van der Waals surface area (Å²) in [6, 6.07) is 18.3. The number of hydrogen-bond donors (Lipinski definition) is 4. The van der Waals surface area contributed by atoms with Gasteiger partial charge in [-0.3, -0.25) is 4.79 Å². The quantitative estimate of drug-likeness (QED) is 0.359. The van der Waals surface area contributed by atoms with Crippen molar-refractivity contribution in [2.45, 2.75) is 26.8 Å². The summed E-state index contributed by atoms with van der Waals surface area (Å²) < 4.78 is 5.29. The number of carbonyl (C=O) groups is 3. The Morgan fingerprint density at radius 3 is 2.00 bits per heavy atom. The number of aryl methyl sites for hydroxylation is 1. The fourth-order valence-electron chi connectivity index (χ4n) is 3.50. The van der Waals surface area contributed by atoms with Crippen LogP contribution in [0.4, 0.5) is 16.2 Å². The molecule has 8 nitrogen and oxygen atoms in total. The fraction of sp³-hybridized carbons (Fsp3) is 0.222. The Kier molecular flexibility index (Phi) is 8.09. The van der Waals surface area contributed by atoms with Gasteiger partial charge in [0.2, 0.25) is 0 Å². The minimum Gasteiger partial charge on any atom is -0.495 e. The third-order valence-electron chi connectivity index (χ3n) is 5.45. The van der Waals surface area contributed by atoms with Gasteiger partial charge in [-0.2, -0.15) is 0 Å². The number of methoxy groups -OCH3 is 1. The van der Waals surface area contributed by atoms with Gasteiger partial charge in [-0.05, 0) is 65.9 Å². The molecule has 0 fully saturated rings. The normalized spacial score (nSPS) is 11.5. The van der Waals surface area contributed by atoms with Crippen LogP contribution in [0.25, 0.3) is 11.1 Å². The van der Waals surface area contributed by atoms with Gasteiger partial charge in [0.15, 0.2) is 0 Å². The van der Waals surface area contributed by atoms with Crippen molar-refractivity contribution in [2.24, 2.45) is 5.92 Å². The first kappa shape index (κ1) is 25.3. The number of ether oxygens (including phenoxy) is 1. The molecule has 0 radical (unpaired) electrons. The number of carbonyl (C=O) groups excluding carboxylic acids is 2. The molecule has 0 spiro atoms. The lowest BCUT2D eigenvalue weighted by atomic mass is 10.0. The van der Waals surface area contributed by atoms with E-state index < -0.39 is 23.9 Å². The van der Waals surface area contributed by atoms with Crippen LogP contribution in [0.5, 0.6) is 5.75 Å². The molecule has 0 heterocycles. The molecule has 4 N–H and O–H groups in total. The van der Waals surface area contributed by atoms with Crippen LogP contribution >= 0.6 is 0 Å². The molecular formula is C27H29N3O5. The Morgan fingerprint density at radius 2 is 1.46 bits per heavy atom. The van der Waals surface area contributed by atoms with Crippen molar-refractivity contribution in [1.29, 1.82) is 0 Å². The summed E-state index contributed by atoms with van der Waals surface area (Å²) >= 11 is 0. The van der Waals surface area contributed by atoms with Crippen molar-refractivity contribution >= 4 is 29.3 Å². The molecule has 3 amide bonds. The molecule has 8 heteroatoms. The molecule has 0 aromatic heterocycles. The van der Waals surface area contributed by atoms with E-state index in [1.807, 2.05) is 31.2 Å². The summed E-state index contributed by atoms with van der Waals surface area (Å²) in [6.45, 7) is 5.41. The monoisotopic (exact) mass is 475 g/mol. The van der Waals surface area contributed by atoms with Crippen LogP contribution in [-0.4, -0.2) is 36.2 Å². The number of nitrogens with one attached hydrogen (secondary N) is 3. The molecule has 0 bridgehead atoms. The van der Waals surface area contributed by atoms with Gasteiger partial charge in [0.05, 0.1) is 12.8 Å². The van der Waals surface area contributed by atoms with E-state index in [9.17, 15) is 19.5 Å². The lowest BCUT2D eigenvalue weighted by Gasteiger charge is -2.18. The van der Waals surface area contributed by atoms with Crippen LogP contribution in [0.3, 0.4) is 0 Å². The lowest BCUT2D eigenvalue weighted by Crippen LogP contribution is -2.44. The van der Waals surface area contributed by atoms with Crippen LogP contribution < -0.4 is 20.7 Å². The Hall–Kier alpha value is -4.33. The van der Waals surface area contributed by atoms with E-state index in [0.717, 1.165) is 16.7 Å². The van der Waals surface area contributed by atoms with E-state index in [2.05, 4.69) is 16.0 Å². The van der Waals surface area contributed by atoms with Crippen molar-refractivity contribution < 1.29 is 24.2 Å². The zero-order chi connectivity index (χ0) is 25.5. The van der Waals surface area contributed by atoms with Crippen LogP contribution in [-0.2, 0) is 4.79 Å². The van der Waals surface area contributed by atoms with E-state index >= 15 is 0 Å². The van der Waals surface area contributed by atoms with Gasteiger partial charge in [0.25, 0.3) is 5.91 Å². The maximum absolute atomic E-state index is 12.4. The first-order valence-electron chi connectivity index (χ1n) is 11.1. The zero-order valence-corrected chi connectivity index (χ0v) is 20.1. The number of carboxylic acids is 1. The molecule has 0 aliphatic carbocycles. The second-order valence-corrected chi connectivity index (χ2v) is 8.47. The maximum atomic E-state index is 12.4. The molecule has 3 rings (SSSR count). The Labute approximate surface area is 204 Å². The van der Waals surface area contributed by atoms with Gasteiger partial charge >= 0.3 is 12.0 Å². The molecule has 0 saturated carbocycles. The molecule has 0 aliphatic heterocycles. The highest BCUT2D eigenvalue weighted by molar-refractivity contribution is 6.01. The number of urea groups is 1. The zero-order valence-electron chi connectivity index (χ0n) is 20.1. The predicted octanol–water partition coefficient (Wildman–Crippen LogP) is 5.15. The Bertz CT molecular complexity index is 1200. The van der Waals surface area contributed by atoms with E-state index in [-0.39, 0.29) is 5.92 Å². The van der Waals surface area contributed by atoms with Gasteiger partial charge in [-0.25, -0.2) is 9.59 Å². The Balaban J connectivity index is 1.63. The minimum absolute atomic E-state index is 0.233. The maximum Gasteiger partial charge on any atom is 0.326 e. The van der Waals surface area contributed by atoms with Crippen LogP contribution in [0.2, 0.25) is 0 Å². The summed E-state index contributed by atoms with van der Waals surface area (Å²) in [5.41, 5.74) is 4.34. The molecular weight excluding hydrogens is 446 g/mol. The van der Waals surface area contributed by atoms with Crippen molar-refractivity contribution in [1.82, 2.24) is 5.32 Å². The lowest BCUT2D eigenvalue weighted by molar-refractivity contribution is -0.140. The highest BCUT2D eigenvalue weighted by Gasteiger charge is 2.23. The van der Waals surface area contributed by atoms with Gasteiger partial charge < -0.3 is 25.8 Å². The van der Waals surface area contributed by atoms with Crippen LogP contribution in [0, 0.1) is 12.8 Å². The molecule has 0 unspecified atom stereocenters. The summed E-state index contributed by atoms with van der Waals surface area (Å²) in [4.78, 5) is 36.2. The number of carboxylic acid groups (broad SMARTS) is 1. The number of hydrogen-bond acceptors (Lipinski definition) is 4. The topological polar surface area (TPSA) is 117 Å². The van der Waals surface area contributed by atoms with E-state index in [1.54, 1.807) is 63.4 Å². The molecule has 0 saturated heterocycles. The van der Waals surface area contributed by atoms with Crippen molar-refractivity contribution in [3.05, 3.63) is 77.9 Å². The average molecular weight is 476 g/mol. The number of aliphatic carboxylic acids is 1. The highest BCUT2D eigenvalue weighted by atomic mass is 16.5. The number of benzene rings is 3. The smallest absolute Gasteiger partial charge is 0.326 e. The minimum atomic E-state index is -1.06. The Morgan fingerprint density at radius 1 is 0.857 bits per heavy atom. The van der Waals surface area contributed by atoms with Crippen molar-refractivity contribution in [3.8, 4) is 16.9 Å². The third-order valence-corrected chi connectivity index (χ3v) is 5.45. The first-order valence-corrected chi connectivity index (χ1v) is 11.1. The SMILES string of the molecule is COc1ccc(C)cc1NC(=O)Nc1ccc(-c2ccc(C(=O)N[C@@H](C(=O)O)C(C)C)cc2)cc1. The largest absolute Gasteiger partial charge is 0.495 e. The number of rotatable bonds is 8. The van der Waals surface area contributed by atoms with Crippen molar-refractivity contribution in [2.75, 3.05) is 17.7 Å². The molecule has 3 aromatic carbocycles. The van der Waals surface area contributed by atoms with Gasteiger partial charge in [-0.15, -0.1) is 0 Å². The molecule has 3 aromatic rings. The summed E-state index contributed by atoms with van der Waals surface area (Å²) in [5, 5.41) is 17.4. The predicted molar refractivity (Wildman–Crippen MR) is 136 cm³/mol. The van der Waals surface area contributed by atoms with Gasteiger partial charge in [0, 0.05) is 11.3 Å². The molecule has 0 aliphatic rings. The average Bonchev–Trinajstić information content (AvgIpc) is 2.82. The van der Waals surface area contributed by atoms with Crippen LogP contribution in [0.15, 0.2) is 66.7 Å². The molecule has 35 heavy (non-hydrogen) atoms. The molecule has 1 atom stereocenters. The second kappa shape index (κ2) is 11.2. The fourth-order valence-corrected chi connectivity index (χ4v) is 3.50.